The highest BCUT2D eigenvalue weighted by Crippen LogP contribution is 2.55. The Labute approximate surface area is 95.7 Å². The van der Waals surface area contributed by atoms with Gasteiger partial charge in [0.1, 0.15) is 0 Å². The van der Waals surface area contributed by atoms with Gasteiger partial charge in [-0.3, -0.25) is 9.59 Å². The Bertz CT molecular complexity index is 324. The summed E-state index contributed by atoms with van der Waals surface area (Å²) < 4.78 is 4.80. The average molecular weight is 225 g/mol. The summed E-state index contributed by atoms with van der Waals surface area (Å²) in [6, 6.07) is 0. The molecule has 2 rings (SSSR count). The molecule has 1 amide bonds. The zero-order valence-corrected chi connectivity index (χ0v) is 10.1. The number of nitrogens with one attached hydrogen (secondary N) is 1. The van der Waals surface area contributed by atoms with E-state index in [4.69, 9.17) is 4.74 Å². The Balaban J connectivity index is 2.01. The molecule has 3 atom stereocenters. The first-order chi connectivity index (χ1) is 7.46. The van der Waals surface area contributed by atoms with E-state index < -0.39 is 0 Å². The number of esters is 1. The van der Waals surface area contributed by atoms with Gasteiger partial charge in [-0.2, -0.15) is 0 Å². The lowest BCUT2D eigenvalue weighted by molar-refractivity contribution is -0.165. The second-order valence-electron chi connectivity index (χ2n) is 5.51. The van der Waals surface area contributed by atoms with E-state index in [0.29, 0.717) is 18.3 Å². The molecule has 1 aliphatic carbocycles. The molecule has 1 heterocycles. The quantitative estimate of drug-likeness (QED) is 0.712. The number of ether oxygens (including phenoxy) is 1. The van der Waals surface area contributed by atoms with Crippen molar-refractivity contribution in [1.29, 1.82) is 0 Å². The molecule has 0 aromatic carbocycles. The maximum atomic E-state index is 11.5. The van der Waals surface area contributed by atoms with Gasteiger partial charge in [-0.25, -0.2) is 0 Å². The van der Waals surface area contributed by atoms with Crippen LogP contribution < -0.4 is 5.32 Å². The van der Waals surface area contributed by atoms with Crippen LogP contribution in [0.2, 0.25) is 0 Å². The first-order valence-electron chi connectivity index (χ1n) is 5.81. The van der Waals surface area contributed by atoms with E-state index in [0.717, 1.165) is 13.0 Å². The molecule has 1 N–H and O–H groups in total. The van der Waals surface area contributed by atoms with Gasteiger partial charge in [-0.05, 0) is 23.7 Å². The highest BCUT2D eigenvalue weighted by Gasteiger charge is 2.55. The van der Waals surface area contributed by atoms with E-state index in [-0.39, 0.29) is 23.2 Å². The lowest BCUT2D eigenvalue weighted by Crippen LogP contribution is -2.52. The molecule has 4 nitrogen and oxygen atoms in total. The fourth-order valence-corrected chi connectivity index (χ4v) is 3.21. The SMILES string of the molecule is COC(=O)[C@@H]1CC([C@H]2CNC(=O)C2)C1(C)C. The van der Waals surface area contributed by atoms with Crippen LogP contribution in [0, 0.1) is 23.2 Å². The third-order valence-corrected chi connectivity index (χ3v) is 4.41. The van der Waals surface area contributed by atoms with Crippen LogP contribution in [-0.2, 0) is 14.3 Å². The van der Waals surface area contributed by atoms with Crippen molar-refractivity contribution in [2.24, 2.45) is 23.2 Å². The predicted molar refractivity (Wildman–Crippen MR) is 58.5 cm³/mol. The maximum Gasteiger partial charge on any atom is 0.309 e. The smallest absolute Gasteiger partial charge is 0.309 e. The van der Waals surface area contributed by atoms with E-state index in [1.165, 1.54) is 7.11 Å². The normalized spacial score (nSPS) is 36.4. The molecule has 0 aromatic rings. The fraction of sp³-hybridized carbons (Fsp3) is 0.833. The van der Waals surface area contributed by atoms with Gasteiger partial charge in [-0.1, -0.05) is 13.8 Å². The van der Waals surface area contributed by atoms with Crippen molar-refractivity contribution in [3.63, 3.8) is 0 Å². The van der Waals surface area contributed by atoms with Crippen molar-refractivity contribution in [3.05, 3.63) is 0 Å². The van der Waals surface area contributed by atoms with Crippen molar-refractivity contribution in [3.8, 4) is 0 Å². The van der Waals surface area contributed by atoms with E-state index in [1.54, 1.807) is 0 Å². The zero-order valence-electron chi connectivity index (χ0n) is 10.1. The molecule has 1 unspecified atom stereocenters. The molecular weight excluding hydrogens is 206 g/mol. The summed E-state index contributed by atoms with van der Waals surface area (Å²) in [6.07, 6.45) is 1.47. The van der Waals surface area contributed by atoms with E-state index in [1.807, 2.05) is 0 Å². The molecule has 4 heteroatoms. The number of carbonyl (C=O) groups is 2. The van der Waals surface area contributed by atoms with E-state index >= 15 is 0 Å². The molecule has 1 saturated carbocycles. The molecule has 1 saturated heterocycles. The van der Waals surface area contributed by atoms with Crippen LogP contribution in [0.5, 0.6) is 0 Å². The molecular formula is C12H19NO3. The van der Waals surface area contributed by atoms with Crippen molar-refractivity contribution < 1.29 is 14.3 Å². The number of rotatable bonds is 2. The summed E-state index contributed by atoms with van der Waals surface area (Å²) in [5.41, 5.74) is -0.0376. The molecule has 16 heavy (non-hydrogen) atoms. The average Bonchev–Trinajstić information content (AvgIpc) is 2.62. The van der Waals surface area contributed by atoms with Crippen molar-refractivity contribution in [2.75, 3.05) is 13.7 Å². The second-order valence-corrected chi connectivity index (χ2v) is 5.51. The van der Waals surface area contributed by atoms with E-state index in [9.17, 15) is 9.59 Å². The largest absolute Gasteiger partial charge is 0.469 e. The van der Waals surface area contributed by atoms with Gasteiger partial charge in [0, 0.05) is 13.0 Å². The Morgan fingerprint density at radius 2 is 2.19 bits per heavy atom. The number of hydrogen-bond acceptors (Lipinski definition) is 3. The van der Waals surface area contributed by atoms with Gasteiger partial charge in [0.25, 0.3) is 0 Å². The fourth-order valence-electron chi connectivity index (χ4n) is 3.21. The summed E-state index contributed by atoms with van der Waals surface area (Å²) in [5, 5.41) is 2.86. The molecule has 1 aliphatic heterocycles. The van der Waals surface area contributed by atoms with Crippen molar-refractivity contribution in [1.82, 2.24) is 5.32 Å². The summed E-state index contributed by atoms with van der Waals surface area (Å²) in [7, 11) is 1.44. The number of methoxy groups -OCH3 is 1. The minimum Gasteiger partial charge on any atom is -0.469 e. The Morgan fingerprint density at radius 3 is 2.62 bits per heavy atom. The lowest BCUT2D eigenvalue weighted by atomic mass is 9.51. The van der Waals surface area contributed by atoms with Gasteiger partial charge in [0.05, 0.1) is 13.0 Å². The third-order valence-electron chi connectivity index (χ3n) is 4.41. The van der Waals surface area contributed by atoms with Crippen molar-refractivity contribution in [2.45, 2.75) is 26.7 Å². The standard InChI is InChI=1S/C12H19NO3/c1-12(2)8(5-9(12)11(15)16-3)7-4-10(14)13-6-7/h7-9H,4-6H2,1-3H3,(H,13,14)/t7-,8?,9+/m1/s1. The number of hydrogen-bond donors (Lipinski definition) is 1. The predicted octanol–water partition coefficient (Wildman–Crippen LogP) is 0.958. The molecule has 0 radical (unpaired) electrons. The van der Waals surface area contributed by atoms with Gasteiger partial charge >= 0.3 is 5.97 Å². The van der Waals surface area contributed by atoms with Crippen LogP contribution in [0.3, 0.4) is 0 Å². The minimum absolute atomic E-state index is 0.00166. The highest BCUT2D eigenvalue weighted by atomic mass is 16.5. The number of amides is 1. The topological polar surface area (TPSA) is 55.4 Å². The van der Waals surface area contributed by atoms with Crippen LogP contribution in [-0.4, -0.2) is 25.5 Å². The first kappa shape index (κ1) is 11.4. The monoisotopic (exact) mass is 225 g/mol. The molecule has 0 bridgehead atoms. The Kier molecular flexibility index (Phi) is 2.68. The summed E-state index contributed by atoms with van der Waals surface area (Å²) >= 11 is 0. The molecule has 0 spiro atoms. The van der Waals surface area contributed by atoms with Crippen LogP contribution in [0.25, 0.3) is 0 Å². The second kappa shape index (κ2) is 3.75. The molecule has 2 fully saturated rings. The highest BCUT2D eigenvalue weighted by molar-refractivity contribution is 5.79. The van der Waals surface area contributed by atoms with Crippen LogP contribution in [0.15, 0.2) is 0 Å². The van der Waals surface area contributed by atoms with Crippen LogP contribution in [0.4, 0.5) is 0 Å². The summed E-state index contributed by atoms with van der Waals surface area (Å²) in [5.74, 6) is 0.873. The third kappa shape index (κ3) is 1.60. The minimum atomic E-state index is -0.112. The molecule has 2 aliphatic rings. The summed E-state index contributed by atoms with van der Waals surface area (Å²) in [6.45, 7) is 4.97. The number of carbonyl (C=O) groups excluding carboxylic acids is 2. The van der Waals surface area contributed by atoms with Gasteiger partial charge < -0.3 is 10.1 Å². The van der Waals surface area contributed by atoms with Gasteiger partial charge in [-0.15, -0.1) is 0 Å². The maximum absolute atomic E-state index is 11.5. The van der Waals surface area contributed by atoms with Gasteiger partial charge in [0.15, 0.2) is 0 Å². The Morgan fingerprint density at radius 1 is 1.50 bits per heavy atom. The van der Waals surface area contributed by atoms with Crippen LogP contribution >= 0.6 is 0 Å². The van der Waals surface area contributed by atoms with E-state index in [2.05, 4.69) is 19.2 Å². The van der Waals surface area contributed by atoms with Crippen LogP contribution in [0.1, 0.15) is 26.7 Å². The van der Waals surface area contributed by atoms with Gasteiger partial charge in [0.2, 0.25) is 5.91 Å². The Hall–Kier alpha value is -1.06. The lowest BCUT2D eigenvalue weighted by Gasteiger charge is -2.52. The van der Waals surface area contributed by atoms with Crippen molar-refractivity contribution >= 4 is 11.9 Å². The zero-order chi connectivity index (χ0) is 11.9. The first-order valence-corrected chi connectivity index (χ1v) is 5.81. The summed E-state index contributed by atoms with van der Waals surface area (Å²) in [4.78, 5) is 22.7. The molecule has 0 aromatic heterocycles. The molecule has 90 valence electrons.